The van der Waals surface area contributed by atoms with Gasteiger partial charge in [-0.05, 0) is 19.3 Å². The van der Waals surface area contributed by atoms with Crippen LogP contribution in [0.1, 0.15) is 48.0 Å². The van der Waals surface area contributed by atoms with Gasteiger partial charge in [-0.3, -0.25) is 14.4 Å². The molecule has 6 nitrogen and oxygen atoms in total. The van der Waals surface area contributed by atoms with Crippen molar-refractivity contribution in [3.63, 3.8) is 0 Å². The molecule has 0 amide bonds. The van der Waals surface area contributed by atoms with E-state index in [1.54, 1.807) is 6.92 Å². The summed E-state index contributed by atoms with van der Waals surface area (Å²) in [6.07, 6.45) is -0.113. The van der Waals surface area contributed by atoms with E-state index < -0.39 is 6.10 Å². The van der Waals surface area contributed by atoms with Gasteiger partial charge in [0.1, 0.15) is 6.10 Å². The Balaban J connectivity index is 4.67. The van der Waals surface area contributed by atoms with Gasteiger partial charge in [-0.2, -0.15) is 0 Å². The Hall–Kier alpha value is -1.59. The smallest absolute Gasteiger partial charge is 0.302 e. The largest absolute Gasteiger partial charge is 0.465 e. The number of hydrogen-bond acceptors (Lipinski definition) is 6. The van der Waals surface area contributed by atoms with E-state index in [2.05, 4.69) is 0 Å². The first-order valence-corrected chi connectivity index (χ1v) is 7.11. The third-order valence-corrected chi connectivity index (χ3v) is 3.04. The zero-order chi connectivity index (χ0) is 16.6. The zero-order valence-corrected chi connectivity index (χ0v) is 13.7. The summed E-state index contributed by atoms with van der Waals surface area (Å²) >= 11 is 0. The van der Waals surface area contributed by atoms with Gasteiger partial charge in [0.15, 0.2) is 0 Å². The Morgan fingerprint density at radius 2 is 1.33 bits per heavy atom. The molecule has 4 unspecified atom stereocenters. The number of hydrogen-bond donors (Lipinski definition) is 0. The molecule has 0 heterocycles. The fourth-order valence-electron chi connectivity index (χ4n) is 2.32. The van der Waals surface area contributed by atoms with Gasteiger partial charge >= 0.3 is 17.9 Å². The molecule has 0 aromatic heterocycles. The van der Waals surface area contributed by atoms with Crippen LogP contribution in [-0.4, -0.2) is 36.7 Å². The Labute approximate surface area is 126 Å². The summed E-state index contributed by atoms with van der Waals surface area (Å²) in [5.74, 6) is -1.27. The normalized spacial score (nSPS) is 16.3. The van der Waals surface area contributed by atoms with Crippen molar-refractivity contribution in [2.45, 2.75) is 60.2 Å². The van der Waals surface area contributed by atoms with Crippen LogP contribution in [0.4, 0.5) is 0 Å². The van der Waals surface area contributed by atoms with Crippen molar-refractivity contribution in [2.24, 2.45) is 11.8 Å². The molecule has 0 aliphatic carbocycles. The van der Waals surface area contributed by atoms with Gasteiger partial charge < -0.3 is 14.2 Å². The number of esters is 3. The molecule has 6 heteroatoms. The Morgan fingerprint density at radius 3 is 1.76 bits per heavy atom. The first-order chi connectivity index (χ1) is 9.63. The summed E-state index contributed by atoms with van der Waals surface area (Å²) < 4.78 is 15.4. The fraction of sp³-hybridized carbons (Fsp3) is 0.800. The maximum Gasteiger partial charge on any atom is 0.302 e. The summed E-state index contributed by atoms with van der Waals surface area (Å²) in [6, 6.07) is 0. The molecular formula is C15H26O6. The SMILES string of the molecule is CC(=O)OCC(C)C(OC(C)=O)C(C)CC(C)OC(C)=O. The van der Waals surface area contributed by atoms with Crippen LogP contribution in [0.15, 0.2) is 0 Å². The number of carbonyl (C=O) groups is 3. The lowest BCUT2D eigenvalue weighted by atomic mass is 9.89. The minimum absolute atomic E-state index is 0.0335. The van der Waals surface area contributed by atoms with Gasteiger partial charge in [-0.25, -0.2) is 0 Å². The Kier molecular flexibility index (Phi) is 8.66. The monoisotopic (exact) mass is 302 g/mol. The van der Waals surface area contributed by atoms with E-state index in [4.69, 9.17) is 14.2 Å². The highest BCUT2D eigenvalue weighted by atomic mass is 16.6. The molecule has 0 saturated carbocycles. The average Bonchev–Trinajstić information content (AvgIpc) is 2.31. The highest BCUT2D eigenvalue weighted by molar-refractivity contribution is 5.67. The van der Waals surface area contributed by atoms with Crippen LogP contribution in [-0.2, 0) is 28.6 Å². The van der Waals surface area contributed by atoms with E-state index in [0.717, 1.165) is 0 Å². The Morgan fingerprint density at radius 1 is 0.810 bits per heavy atom. The molecular weight excluding hydrogens is 276 g/mol. The van der Waals surface area contributed by atoms with Crippen molar-refractivity contribution in [3.05, 3.63) is 0 Å². The second-order valence-corrected chi connectivity index (χ2v) is 5.49. The molecule has 0 saturated heterocycles. The van der Waals surface area contributed by atoms with Crippen molar-refractivity contribution >= 4 is 17.9 Å². The second kappa shape index (κ2) is 9.37. The maximum absolute atomic E-state index is 11.2. The number of carbonyl (C=O) groups excluding carboxylic acids is 3. The molecule has 21 heavy (non-hydrogen) atoms. The Bertz CT molecular complexity index is 365. The van der Waals surface area contributed by atoms with Crippen LogP contribution >= 0.6 is 0 Å². The fourth-order valence-corrected chi connectivity index (χ4v) is 2.32. The molecule has 0 aromatic rings. The second-order valence-electron chi connectivity index (χ2n) is 5.49. The van der Waals surface area contributed by atoms with Crippen LogP contribution in [0.2, 0.25) is 0 Å². The van der Waals surface area contributed by atoms with Crippen LogP contribution in [0, 0.1) is 11.8 Å². The van der Waals surface area contributed by atoms with Gasteiger partial charge in [-0.1, -0.05) is 13.8 Å². The van der Waals surface area contributed by atoms with E-state index in [1.807, 2.05) is 13.8 Å². The molecule has 0 aliphatic heterocycles. The molecule has 0 spiro atoms. The number of ether oxygens (including phenoxy) is 3. The van der Waals surface area contributed by atoms with E-state index in [-0.39, 0.29) is 42.5 Å². The standard InChI is InChI=1S/C15H26O6/c1-9(7-11(3)20-13(5)17)15(21-14(6)18)10(2)8-19-12(4)16/h9-11,15H,7-8H2,1-6H3. The molecule has 0 radical (unpaired) electrons. The highest BCUT2D eigenvalue weighted by Gasteiger charge is 2.29. The van der Waals surface area contributed by atoms with E-state index in [1.165, 1.54) is 20.8 Å². The van der Waals surface area contributed by atoms with Gasteiger partial charge in [0.25, 0.3) is 0 Å². The summed E-state index contributed by atoms with van der Waals surface area (Å²) in [7, 11) is 0. The van der Waals surface area contributed by atoms with Gasteiger partial charge in [0, 0.05) is 26.7 Å². The minimum atomic E-state index is -0.403. The quantitative estimate of drug-likeness (QED) is 0.504. The lowest BCUT2D eigenvalue weighted by Gasteiger charge is -2.30. The summed E-state index contributed by atoms with van der Waals surface area (Å²) in [5.41, 5.74) is 0. The van der Waals surface area contributed by atoms with Crippen LogP contribution in [0.3, 0.4) is 0 Å². The molecule has 0 bridgehead atoms. The van der Waals surface area contributed by atoms with E-state index in [0.29, 0.717) is 6.42 Å². The average molecular weight is 302 g/mol. The molecule has 4 atom stereocenters. The highest BCUT2D eigenvalue weighted by Crippen LogP contribution is 2.23. The van der Waals surface area contributed by atoms with E-state index in [9.17, 15) is 14.4 Å². The summed E-state index contributed by atoms with van der Waals surface area (Å²) in [5, 5.41) is 0. The molecule has 0 aliphatic rings. The van der Waals surface area contributed by atoms with Gasteiger partial charge in [-0.15, -0.1) is 0 Å². The molecule has 122 valence electrons. The maximum atomic E-state index is 11.2. The van der Waals surface area contributed by atoms with Crippen molar-refractivity contribution in [1.82, 2.24) is 0 Å². The third-order valence-electron chi connectivity index (χ3n) is 3.04. The lowest BCUT2D eigenvalue weighted by molar-refractivity contribution is -0.158. The molecule has 0 aromatic carbocycles. The predicted octanol–water partition coefficient (Wildman–Crippen LogP) is 2.10. The first-order valence-electron chi connectivity index (χ1n) is 7.11. The summed E-state index contributed by atoms with van der Waals surface area (Å²) in [6.45, 7) is 9.77. The first kappa shape index (κ1) is 19.4. The number of rotatable bonds is 8. The van der Waals surface area contributed by atoms with E-state index >= 15 is 0 Å². The van der Waals surface area contributed by atoms with Crippen LogP contribution in [0.25, 0.3) is 0 Å². The van der Waals surface area contributed by atoms with Gasteiger partial charge in [0.2, 0.25) is 0 Å². The van der Waals surface area contributed by atoms with Crippen molar-refractivity contribution in [2.75, 3.05) is 6.61 Å². The van der Waals surface area contributed by atoms with Crippen LogP contribution < -0.4 is 0 Å². The van der Waals surface area contributed by atoms with Gasteiger partial charge in [0.05, 0.1) is 12.7 Å². The predicted molar refractivity (Wildman–Crippen MR) is 76.4 cm³/mol. The molecule has 0 N–H and O–H groups in total. The summed E-state index contributed by atoms with van der Waals surface area (Å²) in [4.78, 5) is 33.1. The minimum Gasteiger partial charge on any atom is -0.465 e. The van der Waals surface area contributed by atoms with Crippen molar-refractivity contribution in [3.8, 4) is 0 Å². The third kappa shape index (κ3) is 9.05. The van der Waals surface area contributed by atoms with Crippen molar-refractivity contribution < 1.29 is 28.6 Å². The molecule has 0 rings (SSSR count). The topological polar surface area (TPSA) is 78.9 Å². The van der Waals surface area contributed by atoms with Crippen molar-refractivity contribution in [1.29, 1.82) is 0 Å². The lowest BCUT2D eigenvalue weighted by Crippen LogP contribution is -2.35. The molecule has 0 fully saturated rings. The van der Waals surface area contributed by atoms with Crippen LogP contribution in [0.5, 0.6) is 0 Å². The zero-order valence-electron chi connectivity index (χ0n) is 13.7.